The summed E-state index contributed by atoms with van der Waals surface area (Å²) in [6.45, 7) is 2.06. The minimum Gasteiger partial charge on any atom is -0.477 e. The lowest BCUT2D eigenvalue weighted by Crippen LogP contribution is -2.45. The first-order valence-electron chi connectivity index (χ1n) is 11.4. The number of carboxylic acids is 1. The quantitative estimate of drug-likeness (QED) is 0.602. The van der Waals surface area contributed by atoms with Gasteiger partial charge < -0.3 is 24.2 Å². The zero-order valence-corrected chi connectivity index (χ0v) is 18.8. The molecule has 7 nitrogen and oxygen atoms in total. The van der Waals surface area contributed by atoms with Crippen molar-refractivity contribution in [1.29, 1.82) is 0 Å². The lowest BCUT2D eigenvalue weighted by molar-refractivity contribution is 0.0694. The molecule has 0 unspecified atom stereocenters. The third-order valence-corrected chi connectivity index (χ3v) is 6.77. The van der Waals surface area contributed by atoms with Crippen molar-refractivity contribution < 1.29 is 23.4 Å². The standard InChI is InChI=1S/C25H25F2N3O4/c1-28-10-12-29(13-11-28)22-19(26)21-18(24(20(22)27)34-16-8-3-2-4-9-16)23(31)17(25(32)33)14-30(21)15-6-5-7-15/h2-4,8-9,14-15H,5-7,10-13H2,1H3,(H,32,33). The maximum absolute atomic E-state index is 16.2. The van der Waals surface area contributed by atoms with Gasteiger partial charge in [0.1, 0.15) is 17.0 Å². The highest BCUT2D eigenvalue weighted by Crippen LogP contribution is 2.43. The van der Waals surface area contributed by atoms with E-state index in [2.05, 4.69) is 4.90 Å². The van der Waals surface area contributed by atoms with E-state index < -0.39 is 34.3 Å². The third kappa shape index (κ3) is 3.69. The summed E-state index contributed by atoms with van der Waals surface area (Å²) in [4.78, 5) is 28.8. The predicted octanol–water partition coefficient (Wildman–Crippen LogP) is 4.25. The Hall–Kier alpha value is -3.46. The molecule has 9 heteroatoms. The molecule has 1 aromatic heterocycles. The number of carboxylic acid groups (broad SMARTS) is 1. The molecule has 1 aliphatic heterocycles. The molecule has 0 amide bonds. The monoisotopic (exact) mass is 469 g/mol. The number of aromatic nitrogens is 1. The fourth-order valence-corrected chi connectivity index (χ4v) is 4.61. The zero-order chi connectivity index (χ0) is 24.0. The summed E-state index contributed by atoms with van der Waals surface area (Å²) in [7, 11) is 1.94. The summed E-state index contributed by atoms with van der Waals surface area (Å²) in [5.74, 6) is -3.50. The Labute approximate surface area is 194 Å². The van der Waals surface area contributed by atoms with Crippen LogP contribution in [0.25, 0.3) is 10.9 Å². The van der Waals surface area contributed by atoms with E-state index in [9.17, 15) is 14.7 Å². The van der Waals surface area contributed by atoms with Gasteiger partial charge in [-0.2, -0.15) is 0 Å². The van der Waals surface area contributed by atoms with E-state index in [4.69, 9.17) is 4.74 Å². The van der Waals surface area contributed by atoms with E-state index in [1.165, 1.54) is 10.8 Å². The van der Waals surface area contributed by atoms with Crippen molar-refractivity contribution in [1.82, 2.24) is 9.47 Å². The van der Waals surface area contributed by atoms with Gasteiger partial charge in [0.15, 0.2) is 17.4 Å². The average molecular weight is 469 g/mol. The number of likely N-dealkylation sites (N-methyl/N-ethyl adjacent to an activating group) is 1. The van der Waals surface area contributed by atoms with Crippen LogP contribution in [-0.2, 0) is 0 Å². The number of anilines is 1. The molecule has 3 aromatic rings. The van der Waals surface area contributed by atoms with E-state index in [0.717, 1.165) is 6.42 Å². The van der Waals surface area contributed by atoms with Crippen LogP contribution in [0.1, 0.15) is 35.7 Å². The maximum atomic E-state index is 16.2. The molecule has 0 radical (unpaired) electrons. The molecular weight excluding hydrogens is 444 g/mol. The van der Waals surface area contributed by atoms with Crippen LogP contribution in [0.4, 0.5) is 14.5 Å². The van der Waals surface area contributed by atoms with Gasteiger partial charge in [-0.15, -0.1) is 0 Å². The highest BCUT2D eigenvalue weighted by molar-refractivity contribution is 5.97. The summed E-state index contributed by atoms with van der Waals surface area (Å²) in [5, 5.41) is 9.28. The molecule has 1 aliphatic carbocycles. The summed E-state index contributed by atoms with van der Waals surface area (Å²) in [5.41, 5.74) is -1.86. The van der Waals surface area contributed by atoms with Gasteiger partial charge >= 0.3 is 5.97 Å². The van der Waals surface area contributed by atoms with E-state index in [0.29, 0.717) is 39.0 Å². The van der Waals surface area contributed by atoms with Gasteiger partial charge in [-0.3, -0.25) is 4.79 Å². The van der Waals surface area contributed by atoms with E-state index >= 15 is 8.78 Å². The molecule has 1 N–H and O–H groups in total. The van der Waals surface area contributed by atoms with Crippen molar-refractivity contribution in [3.8, 4) is 11.5 Å². The molecule has 2 fully saturated rings. The van der Waals surface area contributed by atoms with Crippen LogP contribution < -0.4 is 15.1 Å². The second kappa shape index (κ2) is 8.72. The lowest BCUT2D eigenvalue weighted by atomic mass is 9.91. The molecule has 0 spiro atoms. The van der Waals surface area contributed by atoms with Crippen LogP contribution in [0, 0.1) is 11.6 Å². The van der Waals surface area contributed by atoms with Gasteiger partial charge in [0.2, 0.25) is 5.43 Å². The van der Waals surface area contributed by atoms with E-state index in [1.54, 1.807) is 35.2 Å². The van der Waals surface area contributed by atoms with Crippen molar-refractivity contribution in [3.63, 3.8) is 0 Å². The lowest BCUT2D eigenvalue weighted by Gasteiger charge is -2.36. The van der Waals surface area contributed by atoms with Crippen molar-refractivity contribution >= 4 is 22.6 Å². The number of pyridine rings is 1. The number of benzene rings is 2. The SMILES string of the molecule is CN1CCN(c2c(F)c(Oc3ccccc3)c3c(=O)c(C(=O)O)cn(C4CCC4)c3c2F)CC1. The molecule has 0 bridgehead atoms. The van der Waals surface area contributed by atoms with Crippen LogP contribution in [0.3, 0.4) is 0 Å². The Bertz CT molecular complexity index is 1310. The van der Waals surface area contributed by atoms with E-state index in [1.807, 2.05) is 7.05 Å². The van der Waals surface area contributed by atoms with Crippen molar-refractivity contribution in [3.05, 3.63) is 63.9 Å². The number of halogens is 2. The molecule has 1 saturated carbocycles. The van der Waals surface area contributed by atoms with Crippen molar-refractivity contribution in [2.75, 3.05) is 38.1 Å². The van der Waals surface area contributed by atoms with Gasteiger partial charge in [-0.1, -0.05) is 18.2 Å². The van der Waals surface area contributed by atoms with Crippen molar-refractivity contribution in [2.45, 2.75) is 25.3 Å². The minimum atomic E-state index is -1.45. The van der Waals surface area contributed by atoms with Gasteiger partial charge in [0, 0.05) is 38.4 Å². The number of hydrogen-bond donors (Lipinski definition) is 1. The molecule has 1 saturated heterocycles. The Morgan fingerprint density at radius 3 is 2.32 bits per heavy atom. The Morgan fingerprint density at radius 2 is 1.74 bits per heavy atom. The molecule has 5 rings (SSSR count). The number of nitrogens with zero attached hydrogens (tertiary/aromatic N) is 3. The smallest absolute Gasteiger partial charge is 0.341 e. The largest absolute Gasteiger partial charge is 0.477 e. The van der Waals surface area contributed by atoms with Crippen LogP contribution in [0.2, 0.25) is 0 Å². The number of rotatable bonds is 5. The molecule has 2 aromatic carbocycles. The van der Waals surface area contributed by atoms with Gasteiger partial charge in [-0.25, -0.2) is 13.6 Å². The fourth-order valence-electron chi connectivity index (χ4n) is 4.61. The average Bonchev–Trinajstić information content (AvgIpc) is 2.78. The third-order valence-electron chi connectivity index (χ3n) is 6.77. The first-order valence-corrected chi connectivity index (χ1v) is 11.4. The topological polar surface area (TPSA) is 75.0 Å². The summed E-state index contributed by atoms with van der Waals surface area (Å²) < 4.78 is 39.6. The van der Waals surface area contributed by atoms with Gasteiger partial charge in [0.05, 0.1) is 10.9 Å². The van der Waals surface area contributed by atoms with E-state index in [-0.39, 0.29) is 28.4 Å². The number of piperazine rings is 1. The van der Waals surface area contributed by atoms with Crippen molar-refractivity contribution in [2.24, 2.45) is 0 Å². The summed E-state index contributed by atoms with van der Waals surface area (Å²) in [6.07, 6.45) is 3.53. The Morgan fingerprint density at radius 1 is 1.06 bits per heavy atom. The first kappa shape index (κ1) is 22.3. The summed E-state index contributed by atoms with van der Waals surface area (Å²) in [6, 6.07) is 8.15. The molecular formula is C25H25F2N3O4. The first-order chi connectivity index (χ1) is 16.4. The van der Waals surface area contributed by atoms with Gasteiger partial charge in [0.25, 0.3) is 0 Å². The number of para-hydroxylation sites is 1. The highest BCUT2D eigenvalue weighted by Gasteiger charge is 2.33. The Balaban J connectivity index is 1.84. The van der Waals surface area contributed by atoms with Gasteiger partial charge in [-0.05, 0) is 38.4 Å². The molecule has 2 heterocycles. The molecule has 2 aliphatic rings. The van der Waals surface area contributed by atoms with Crippen LogP contribution >= 0.6 is 0 Å². The molecule has 0 atom stereocenters. The highest BCUT2D eigenvalue weighted by atomic mass is 19.1. The number of carbonyl (C=O) groups is 1. The van der Waals surface area contributed by atoms with Crippen LogP contribution in [-0.4, -0.2) is 53.8 Å². The van der Waals surface area contributed by atoms with Crippen LogP contribution in [0.15, 0.2) is 41.3 Å². The number of aromatic carboxylic acids is 1. The fraction of sp³-hybridized carbons (Fsp3) is 0.360. The predicted molar refractivity (Wildman–Crippen MR) is 124 cm³/mol. The molecule has 34 heavy (non-hydrogen) atoms. The second-order valence-corrected chi connectivity index (χ2v) is 8.90. The second-order valence-electron chi connectivity index (χ2n) is 8.90. The van der Waals surface area contributed by atoms with Crippen LogP contribution in [0.5, 0.6) is 11.5 Å². The zero-order valence-electron chi connectivity index (χ0n) is 18.8. The molecule has 178 valence electrons. The summed E-state index contributed by atoms with van der Waals surface area (Å²) >= 11 is 0. The maximum Gasteiger partial charge on any atom is 0.341 e. The number of fused-ring (bicyclic) bond motifs is 1. The number of hydrogen-bond acceptors (Lipinski definition) is 5. The minimum absolute atomic E-state index is 0.110. The Kier molecular flexibility index (Phi) is 5.73. The normalized spacial score (nSPS) is 17.1. The number of ether oxygens (including phenoxy) is 1.